The second-order valence-electron chi connectivity index (χ2n) is 8.53. The average molecular weight is 630 g/mol. The molecule has 1 aliphatic heterocycles. The smallest absolute Gasteiger partial charge is 0.271 e. The van der Waals surface area contributed by atoms with Gasteiger partial charge in [0.2, 0.25) is 0 Å². The number of amidine groups is 1. The number of methoxy groups -OCH3 is 1. The number of amides is 1. The number of aliphatic imine (C=N–C) groups is 1. The summed E-state index contributed by atoms with van der Waals surface area (Å²) in [5.74, 6) is 0.838. The Morgan fingerprint density at radius 1 is 0.825 bits per heavy atom. The minimum absolute atomic E-state index is 0.211. The van der Waals surface area contributed by atoms with Gasteiger partial charge in [-0.1, -0.05) is 58.5 Å². The number of hydrogen-bond donors (Lipinski definition) is 0. The molecule has 0 saturated carbocycles. The quantitative estimate of drug-likeness (QED) is 0.191. The van der Waals surface area contributed by atoms with E-state index in [4.69, 9.17) is 60.9 Å². The van der Waals surface area contributed by atoms with Gasteiger partial charge in [-0.25, -0.2) is 4.99 Å². The van der Waals surface area contributed by atoms with E-state index in [1.807, 2.05) is 12.1 Å². The van der Waals surface area contributed by atoms with Crippen LogP contribution >= 0.6 is 58.2 Å². The van der Waals surface area contributed by atoms with E-state index in [-0.39, 0.29) is 12.5 Å². The van der Waals surface area contributed by atoms with Gasteiger partial charge in [0.25, 0.3) is 5.91 Å². The van der Waals surface area contributed by atoms with E-state index in [2.05, 4.69) is 0 Å². The number of carbonyl (C=O) groups is 1. The minimum Gasteiger partial charge on any atom is -0.493 e. The van der Waals surface area contributed by atoms with E-state index in [9.17, 15) is 4.79 Å². The van der Waals surface area contributed by atoms with Crippen LogP contribution in [-0.2, 0) is 11.4 Å². The van der Waals surface area contributed by atoms with Gasteiger partial charge in [-0.15, -0.1) is 0 Å². The summed E-state index contributed by atoms with van der Waals surface area (Å²) in [4.78, 5) is 20.4. The molecule has 1 amide bonds. The van der Waals surface area contributed by atoms with Crippen molar-refractivity contribution in [1.29, 1.82) is 0 Å². The van der Waals surface area contributed by atoms with Gasteiger partial charge < -0.3 is 9.47 Å². The lowest BCUT2D eigenvalue weighted by Crippen LogP contribution is -2.28. The number of carbonyl (C=O) groups excluding carboxylic acids is 1. The van der Waals surface area contributed by atoms with Crippen molar-refractivity contribution in [1.82, 2.24) is 0 Å². The van der Waals surface area contributed by atoms with Crippen LogP contribution in [0.15, 0.2) is 94.8 Å². The van der Waals surface area contributed by atoms with Crippen LogP contribution in [-0.4, -0.2) is 18.2 Å². The first-order valence-corrected chi connectivity index (χ1v) is 14.2. The summed E-state index contributed by atoms with van der Waals surface area (Å²) >= 11 is 25.7. The minimum atomic E-state index is -0.211. The fourth-order valence-corrected chi connectivity index (χ4v) is 5.55. The molecule has 4 aromatic rings. The van der Waals surface area contributed by atoms with Crippen molar-refractivity contribution < 1.29 is 14.3 Å². The van der Waals surface area contributed by atoms with Crippen molar-refractivity contribution >= 4 is 86.7 Å². The molecule has 202 valence electrons. The summed E-state index contributed by atoms with van der Waals surface area (Å²) in [6, 6.07) is 24.8. The fraction of sp³-hybridized carbons (Fsp3) is 0.0667. The Balaban J connectivity index is 1.43. The largest absolute Gasteiger partial charge is 0.493 e. The molecular weight excluding hydrogens is 610 g/mol. The number of anilines is 1. The van der Waals surface area contributed by atoms with Gasteiger partial charge in [-0.2, -0.15) is 0 Å². The number of rotatable bonds is 7. The van der Waals surface area contributed by atoms with Crippen molar-refractivity contribution in [3.63, 3.8) is 0 Å². The Labute approximate surface area is 255 Å². The molecule has 5 rings (SSSR count). The fourth-order valence-electron chi connectivity index (χ4n) is 3.83. The molecule has 0 spiro atoms. The van der Waals surface area contributed by atoms with Crippen LogP contribution in [0.1, 0.15) is 11.1 Å². The van der Waals surface area contributed by atoms with E-state index in [1.54, 1.807) is 90.9 Å². The van der Waals surface area contributed by atoms with Gasteiger partial charge >= 0.3 is 0 Å². The third-order valence-electron chi connectivity index (χ3n) is 5.83. The number of hydrogen-bond acceptors (Lipinski definition) is 5. The normalized spacial score (nSPS) is 15.2. The molecule has 1 aliphatic rings. The van der Waals surface area contributed by atoms with Gasteiger partial charge in [-0.3, -0.25) is 9.69 Å². The van der Waals surface area contributed by atoms with Crippen LogP contribution in [0.2, 0.25) is 20.1 Å². The Bertz CT molecular complexity index is 1620. The standard InChI is InChI=1S/C30H20Cl4N2O3S/c1-38-27-14-18(2-13-26(27)39-17-19-3-4-22(33)16-25(19)34)15-28-29(37)36(24-11-7-21(32)8-12-24)30(40-28)35-23-9-5-20(31)6-10-23/h2-16H,17H2,1H3/b28-15-,35-30?. The van der Waals surface area contributed by atoms with E-state index >= 15 is 0 Å². The Morgan fingerprint density at radius 3 is 2.17 bits per heavy atom. The predicted molar refractivity (Wildman–Crippen MR) is 167 cm³/mol. The average Bonchev–Trinajstić information content (AvgIpc) is 3.24. The lowest BCUT2D eigenvalue weighted by atomic mass is 10.1. The molecule has 0 aromatic heterocycles. The van der Waals surface area contributed by atoms with Crippen LogP contribution < -0.4 is 14.4 Å². The molecule has 40 heavy (non-hydrogen) atoms. The van der Waals surface area contributed by atoms with Crippen molar-refractivity contribution in [3.8, 4) is 11.5 Å². The van der Waals surface area contributed by atoms with Gasteiger partial charge in [0.05, 0.1) is 23.4 Å². The van der Waals surface area contributed by atoms with Gasteiger partial charge in [0.15, 0.2) is 16.7 Å². The highest BCUT2D eigenvalue weighted by Gasteiger charge is 2.34. The van der Waals surface area contributed by atoms with Crippen LogP contribution in [0, 0.1) is 0 Å². The first-order valence-electron chi connectivity index (χ1n) is 11.9. The van der Waals surface area contributed by atoms with Crippen molar-refractivity contribution in [2.24, 2.45) is 4.99 Å². The second kappa shape index (κ2) is 12.6. The monoisotopic (exact) mass is 628 g/mol. The maximum absolute atomic E-state index is 13.6. The Kier molecular flexibility index (Phi) is 8.94. The predicted octanol–water partition coefficient (Wildman–Crippen LogP) is 9.70. The summed E-state index contributed by atoms with van der Waals surface area (Å²) < 4.78 is 11.5. The zero-order valence-electron chi connectivity index (χ0n) is 20.9. The summed E-state index contributed by atoms with van der Waals surface area (Å²) in [6.07, 6.45) is 1.79. The summed E-state index contributed by atoms with van der Waals surface area (Å²) in [5, 5.41) is 2.76. The third kappa shape index (κ3) is 6.60. The molecule has 0 aliphatic carbocycles. The van der Waals surface area contributed by atoms with E-state index in [0.29, 0.717) is 53.0 Å². The molecule has 10 heteroatoms. The third-order valence-corrected chi connectivity index (χ3v) is 7.89. The molecule has 0 N–H and O–H groups in total. The Morgan fingerprint density at radius 2 is 1.50 bits per heavy atom. The van der Waals surface area contributed by atoms with E-state index < -0.39 is 0 Å². The molecule has 4 aromatic carbocycles. The summed E-state index contributed by atoms with van der Waals surface area (Å²) in [5.41, 5.74) is 2.87. The van der Waals surface area contributed by atoms with Crippen LogP contribution in [0.25, 0.3) is 6.08 Å². The zero-order valence-corrected chi connectivity index (χ0v) is 24.7. The SMILES string of the molecule is COc1cc(/C=C2\SC(=Nc3ccc(Cl)cc3)N(c3ccc(Cl)cc3)C2=O)ccc1OCc1ccc(Cl)cc1Cl. The molecule has 1 saturated heterocycles. The summed E-state index contributed by atoms with van der Waals surface area (Å²) in [6.45, 7) is 0.238. The number of ether oxygens (including phenoxy) is 2. The van der Waals surface area contributed by atoms with Crippen molar-refractivity contribution in [2.75, 3.05) is 12.0 Å². The van der Waals surface area contributed by atoms with E-state index in [0.717, 1.165) is 11.1 Å². The maximum Gasteiger partial charge on any atom is 0.271 e. The van der Waals surface area contributed by atoms with Gasteiger partial charge in [-0.05, 0) is 96.2 Å². The molecule has 1 heterocycles. The number of thioether (sulfide) groups is 1. The molecular formula is C30H20Cl4N2O3S. The molecule has 0 radical (unpaired) electrons. The van der Waals surface area contributed by atoms with Crippen molar-refractivity contribution in [2.45, 2.75) is 6.61 Å². The van der Waals surface area contributed by atoms with E-state index in [1.165, 1.54) is 11.8 Å². The highest BCUT2D eigenvalue weighted by molar-refractivity contribution is 8.19. The van der Waals surface area contributed by atoms with Crippen LogP contribution in [0.4, 0.5) is 11.4 Å². The first-order chi connectivity index (χ1) is 19.3. The van der Waals surface area contributed by atoms with Crippen LogP contribution in [0.3, 0.4) is 0 Å². The summed E-state index contributed by atoms with van der Waals surface area (Å²) in [7, 11) is 1.56. The lowest BCUT2D eigenvalue weighted by molar-refractivity contribution is -0.113. The molecule has 0 atom stereocenters. The van der Waals surface area contributed by atoms with Crippen LogP contribution in [0.5, 0.6) is 11.5 Å². The molecule has 5 nitrogen and oxygen atoms in total. The number of benzene rings is 4. The lowest BCUT2D eigenvalue weighted by Gasteiger charge is -2.15. The molecule has 0 bridgehead atoms. The highest BCUT2D eigenvalue weighted by Crippen LogP contribution is 2.39. The molecule has 1 fully saturated rings. The molecule has 0 unspecified atom stereocenters. The second-order valence-corrected chi connectivity index (χ2v) is 11.3. The maximum atomic E-state index is 13.6. The number of nitrogens with zero attached hydrogens (tertiary/aromatic N) is 2. The van der Waals surface area contributed by atoms with Gasteiger partial charge in [0, 0.05) is 25.7 Å². The zero-order chi connectivity index (χ0) is 28.2. The first kappa shape index (κ1) is 28.4. The van der Waals surface area contributed by atoms with Gasteiger partial charge in [0.1, 0.15) is 6.61 Å². The topological polar surface area (TPSA) is 51.1 Å². The van der Waals surface area contributed by atoms with Crippen molar-refractivity contribution in [3.05, 3.63) is 121 Å². The number of halogens is 4. The highest BCUT2D eigenvalue weighted by atomic mass is 35.5. The Hall–Kier alpha value is -3.13.